The van der Waals surface area contributed by atoms with Crippen LogP contribution in [-0.2, 0) is 6.54 Å². The van der Waals surface area contributed by atoms with E-state index in [1.165, 1.54) is 5.56 Å². The lowest BCUT2D eigenvalue weighted by Gasteiger charge is -2.08. The summed E-state index contributed by atoms with van der Waals surface area (Å²) in [7, 11) is 1.92. The summed E-state index contributed by atoms with van der Waals surface area (Å²) in [5.74, 6) is 0. The molecule has 2 N–H and O–H groups in total. The maximum absolute atomic E-state index is 3.99. The van der Waals surface area contributed by atoms with Crippen LogP contribution in [0.3, 0.4) is 0 Å². The van der Waals surface area contributed by atoms with Crippen molar-refractivity contribution in [3.63, 3.8) is 0 Å². The van der Waals surface area contributed by atoms with E-state index in [9.17, 15) is 0 Å². The topological polar surface area (TPSA) is 37.0 Å². The third-order valence-corrected chi connectivity index (χ3v) is 2.40. The van der Waals surface area contributed by atoms with E-state index in [1.54, 1.807) is 12.4 Å². The van der Waals surface area contributed by atoms with Gasteiger partial charge in [0.25, 0.3) is 0 Å². The van der Waals surface area contributed by atoms with Crippen molar-refractivity contribution in [2.24, 2.45) is 0 Å². The molecule has 0 radical (unpaired) electrons. The fourth-order valence-electron chi connectivity index (χ4n) is 1.49. The van der Waals surface area contributed by atoms with E-state index in [4.69, 9.17) is 0 Å². The molecule has 0 bridgehead atoms. The Morgan fingerprint density at radius 3 is 2.56 bits per heavy atom. The Bertz CT molecular complexity index is 440. The highest BCUT2D eigenvalue weighted by atomic mass is 14.9. The van der Waals surface area contributed by atoms with Gasteiger partial charge in [0.1, 0.15) is 0 Å². The SMILES string of the molecule is CNc1cccc(NCc2ccncc2)c1. The van der Waals surface area contributed by atoms with Crippen molar-refractivity contribution in [3.05, 3.63) is 54.4 Å². The summed E-state index contributed by atoms with van der Waals surface area (Å²) in [5.41, 5.74) is 3.45. The summed E-state index contributed by atoms with van der Waals surface area (Å²) in [4.78, 5) is 3.99. The minimum atomic E-state index is 0.815. The molecule has 0 amide bonds. The van der Waals surface area contributed by atoms with Gasteiger partial charge in [-0.15, -0.1) is 0 Å². The summed E-state index contributed by atoms with van der Waals surface area (Å²) in [6, 6.07) is 12.2. The third-order valence-electron chi connectivity index (χ3n) is 2.40. The normalized spacial score (nSPS) is 9.81. The zero-order chi connectivity index (χ0) is 11.2. The molecule has 0 aliphatic rings. The summed E-state index contributed by atoms with van der Waals surface area (Å²) < 4.78 is 0. The van der Waals surface area contributed by atoms with E-state index in [1.807, 2.05) is 31.3 Å². The van der Waals surface area contributed by atoms with Gasteiger partial charge in [0.2, 0.25) is 0 Å². The third kappa shape index (κ3) is 2.73. The highest BCUT2D eigenvalue weighted by molar-refractivity contribution is 5.56. The first-order valence-corrected chi connectivity index (χ1v) is 5.29. The molecular weight excluding hydrogens is 198 g/mol. The van der Waals surface area contributed by atoms with Crippen LogP contribution in [0.4, 0.5) is 11.4 Å². The summed E-state index contributed by atoms with van der Waals surface area (Å²) in [6.07, 6.45) is 3.61. The number of hydrogen-bond acceptors (Lipinski definition) is 3. The van der Waals surface area contributed by atoms with Crippen molar-refractivity contribution in [3.8, 4) is 0 Å². The van der Waals surface area contributed by atoms with Gasteiger partial charge in [-0.2, -0.15) is 0 Å². The van der Waals surface area contributed by atoms with E-state index in [0.717, 1.165) is 17.9 Å². The van der Waals surface area contributed by atoms with Crippen LogP contribution in [0, 0.1) is 0 Å². The molecule has 1 aromatic heterocycles. The molecule has 1 heterocycles. The fraction of sp³-hybridized carbons (Fsp3) is 0.154. The Hall–Kier alpha value is -2.03. The number of anilines is 2. The van der Waals surface area contributed by atoms with Gasteiger partial charge in [0, 0.05) is 37.4 Å². The molecule has 0 spiro atoms. The standard InChI is InChI=1S/C13H15N3/c1-14-12-3-2-4-13(9-12)16-10-11-5-7-15-8-6-11/h2-9,14,16H,10H2,1H3. The molecule has 0 atom stereocenters. The molecule has 0 saturated carbocycles. The second-order valence-corrected chi connectivity index (χ2v) is 3.54. The van der Waals surface area contributed by atoms with Crippen molar-refractivity contribution in [2.75, 3.05) is 17.7 Å². The van der Waals surface area contributed by atoms with Gasteiger partial charge in [-0.25, -0.2) is 0 Å². The van der Waals surface area contributed by atoms with Gasteiger partial charge in [0.15, 0.2) is 0 Å². The van der Waals surface area contributed by atoms with Crippen LogP contribution in [0.15, 0.2) is 48.8 Å². The quantitative estimate of drug-likeness (QED) is 0.820. The van der Waals surface area contributed by atoms with Crippen LogP contribution < -0.4 is 10.6 Å². The number of benzene rings is 1. The van der Waals surface area contributed by atoms with Crippen molar-refractivity contribution in [2.45, 2.75) is 6.54 Å². The van der Waals surface area contributed by atoms with Crippen molar-refractivity contribution in [1.82, 2.24) is 4.98 Å². The minimum Gasteiger partial charge on any atom is -0.388 e. The molecule has 0 saturated heterocycles. The Kier molecular flexibility index (Phi) is 3.38. The largest absolute Gasteiger partial charge is 0.388 e. The fourth-order valence-corrected chi connectivity index (χ4v) is 1.49. The van der Waals surface area contributed by atoms with E-state index >= 15 is 0 Å². The lowest BCUT2D eigenvalue weighted by Crippen LogP contribution is -1.99. The number of nitrogens with one attached hydrogen (secondary N) is 2. The molecule has 16 heavy (non-hydrogen) atoms. The first kappa shape index (κ1) is 10.5. The molecular formula is C13H15N3. The van der Waals surface area contributed by atoms with Gasteiger partial charge in [-0.3, -0.25) is 4.98 Å². The molecule has 82 valence electrons. The van der Waals surface area contributed by atoms with Crippen LogP contribution in [0.2, 0.25) is 0 Å². The minimum absolute atomic E-state index is 0.815. The molecule has 0 fully saturated rings. The second-order valence-electron chi connectivity index (χ2n) is 3.54. The van der Waals surface area contributed by atoms with Crippen LogP contribution >= 0.6 is 0 Å². The predicted octanol–water partition coefficient (Wildman–Crippen LogP) is 2.74. The molecule has 0 aliphatic carbocycles. The van der Waals surface area contributed by atoms with Gasteiger partial charge in [-0.1, -0.05) is 6.07 Å². The monoisotopic (exact) mass is 213 g/mol. The van der Waals surface area contributed by atoms with Crippen LogP contribution in [0.5, 0.6) is 0 Å². The number of aromatic nitrogens is 1. The maximum atomic E-state index is 3.99. The number of nitrogens with zero attached hydrogens (tertiary/aromatic N) is 1. The molecule has 0 unspecified atom stereocenters. The zero-order valence-electron chi connectivity index (χ0n) is 9.27. The summed E-state index contributed by atoms with van der Waals surface area (Å²) in [6.45, 7) is 0.815. The molecule has 2 aromatic rings. The smallest absolute Gasteiger partial charge is 0.0401 e. The van der Waals surface area contributed by atoms with Crippen LogP contribution in [-0.4, -0.2) is 12.0 Å². The van der Waals surface area contributed by atoms with E-state index in [-0.39, 0.29) is 0 Å². The molecule has 2 rings (SSSR count). The second kappa shape index (κ2) is 5.16. The molecule has 1 aromatic carbocycles. The van der Waals surface area contributed by atoms with Crippen molar-refractivity contribution < 1.29 is 0 Å². The number of hydrogen-bond donors (Lipinski definition) is 2. The summed E-state index contributed by atoms with van der Waals surface area (Å²) in [5, 5.41) is 6.48. The Balaban J connectivity index is 1.99. The van der Waals surface area contributed by atoms with E-state index in [0.29, 0.717) is 0 Å². The first-order valence-electron chi connectivity index (χ1n) is 5.29. The highest BCUT2D eigenvalue weighted by Gasteiger charge is 1.94. The van der Waals surface area contributed by atoms with E-state index in [2.05, 4.69) is 27.8 Å². The number of pyridine rings is 1. The zero-order valence-corrected chi connectivity index (χ0v) is 9.27. The molecule has 3 nitrogen and oxygen atoms in total. The highest BCUT2D eigenvalue weighted by Crippen LogP contribution is 2.15. The lowest BCUT2D eigenvalue weighted by atomic mass is 10.2. The Morgan fingerprint density at radius 2 is 1.81 bits per heavy atom. The van der Waals surface area contributed by atoms with Gasteiger partial charge in [0.05, 0.1) is 0 Å². The predicted molar refractivity (Wildman–Crippen MR) is 67.6 cm³/mol. The maximum Gasteiger partial charge on any atom is 0.0401 e. The summed E-state index contributed by atoms with van der Waals surface area (Å²) >= 11 is 0. The van der Waals surface area contributed by atoms with Crippen molar-refractivity contribution >= 4 is 11.4 Å². The van der Waals surface area contributed by atoms with Crippen molar-refractivity contribution in [1.29, 1.82) is 0 Å². The first-order chi connectivity index (χ1) is 7.88. The van der Waals surface area contributed by atoms with Crippen LogP contribution in [0.25, 0.3) is 0 Å². The molecule has 0 aliphatic heterocycles. The van der Waals surface area contributed by atoms with Gasteiger partial charge in [-0.05, 0) is 35.9 Å². The Morgan fingerprint density at radius 1 is 1.06 bits per heavy atom. The van der Waals surface area contributed by atoms with Crippen LogP contribution in [0.1, 0.15) is 5.56 Å². The molecule has 3 heteroatoms. The average Bonchev–Trinajstić information content (AvgIpc) is 2.38. The van der Waals surface area contributed by atoms with Gasteiger partial charge < -0.3 is 10.6 Å². The average molecular weight is 213 g/mol. The Labute approximate surface area is 95.5 Å². The van der Waals surface area contributed by atoms with Gasteiger partial charge >= 0.3 is 0 Å². The van der Waals surface area contributed by atoms with E-state index < -0.39 is 0 Å². The number of rotatable bonds is 4. The lowest BCUT2D eigenvalue weighted by molar-refractivity contribution is 1.13.